The minimum atomic E-state index is -0.301. The zero-order chi connectivity index (χ0) is 18.1. The molecule has 2 heterocycles. The van der Waals surface area contributed by atoms with Gasteiger partial charge in [-0.15, -0.1) is 0 Å². The van der Waals surface area contributed by atoms with Gasteiger partial charge in [0.05, 0.1) is 31.0 Å². The summed E-state index contributed by atoms with van der Waals surface area (Å²) in [6.45, 7) is 4.38. The first-order chi connectivity index (χ1) is 12.7. The predicted molar refractivity (Wildman–Crippen MR) is 98.5 cm³/mol. The van der Waals surface area contributed by atoms with E-state index in [-0.39, 0.29) is 23.5 Å². The predicted octanol–water partition coefficient (Wildman–Crippen LogP) is 1.53. The normalized spacial score (nSPS) is 28.1. The molecule has 1 aromatic rings. The van der Waals surface area contributed by atoms with Gasteiger partial charge in [-0.25, -0.2) is 0 Å². The van der Waals surface area contributed by atoms with Crippen LogP contribution in [0, 0.1) is 5.41 Å². The number of rotatable bonds is 3. The maximum Gasteiger partial charge on any atom is 0.255 e. The van der Waals surface area contributed by atoms with E-state index >= 15 is 0 Å². The maximum atomic E-state index is 13.2. The third kappa shape index (κ3) is 2.90. The number of carbonyl (C=O) groups is 1. The first-order valence-corrected chi connectivity index (χ1v) is 9.57. The third-order valence-electron chi connectivity index (χ3n) is 6.49. The fourth-order valence-corrected chi connectivity index (χ4v) is 4.74. The van der Waals surface area contributed by atoms with Crippen LogP contribution in [0.1, 0.15) is 29.6 Å². The molecule has 2 atom stereocenters. The van der Waals surface area contributed by atoms with Gasteiger partial charge in [0.25, 0.3) is 5.91 Å². The second-order valence-corrected chi connectivity index (χ2v) is 7.62. The van der Waals surface area contributed by atoms with Crippen molar-refractivity contribution in [2.24, 2.45) is 5.41 Å². The van der Waals surface area contributed by atoms with E-state index in [9.17, 15) is 9.90 Å². The highest BCUT2D eigenvalue weighted by atomic mass is 16.5. The molecule has 1 N–H and O–H groups in total. The van der Waals surface area contributed by atoms with Crippen LogP contribution in [0.2, 0.25) is 0 Å². The number of hydrogen-bond donors (Lipinski definition) is 1. The first-order valence-electron chi connectivity index (χ1n) is 9.57. The largest absolute Gasteiger partial charge is 0.392 e. The molecule has 0 bridgehead atoms. The zero-order valence-electron chi connectivity index (χ0n) is 15.4. The molecule has 6 heteroatoms. The van der Waals surface area contributed by atoms with Gasteiger partial charge in [0.1, 0.15) is 0 Å². The number of carbonyl (C=O) groups excluding carboxylic acids is 1. The Kier molecular flexibility index (Phi) is 4.90. The van der Waals surface area contributed by atoms with Crippen LogP contribution in [-0.4, -0.2) is 74.6 Å². The van der Waals surface area contributed by atoms with E-state index in [0.29, 0.717) is 32.7 Å². The molecular weight excluding hydrogens is 332 g/mol. The molecule has 1 aliphatic carbocycles. The number of aliphatic hydroxyl groups excluding tert-OH is 1. The van der Waals surface area contributed by atoms with Crippen molar-refractivity contribution in [3.63, 3.8) is 0 Å². The second kappa shape index (κ2) is 7.18. The highest BCUT2D eigenvalue weighted by molar-refractivity contribution is 6.00. The van der Waals surface area contributed by atoms with Gasteiger partial charge in [-0.1, -0.05) is 12.1 Å². The van der Waals surface area contributed by atoms with Crippen molar-refractivity contribution in [1.29, 1.82) is 0 Å². The van der Waals surface area contributed by atoms with Gasteiger partial charge in [-0.05, 0) is 25.0 Å². The highest BCUT2D eigenvalue weighted by Crippen LogP contribution is 2.50. The summed E-state index contributed by atoms with van der Waals surface area (Å²) in [6, 6.07) is 7.87. The average Bonchev–Trinajstić information content (AvgIpc) is 2.72. The van der Waals surface area contributed by atoms with Crippen molar-refractivity contribution >= 4 is 11.6 Å². The number of ether oxygens (including phenoxy) is 2. The molecule has 3 aliphatic rings. The Hall–Kier alpha value is -1.63. The quantitative estimate of drug-likeness (QED) is 0.886. The summed E-state index contributed by atoms with van der Waals surface area (Å²) < 4.78 is 11.0. The van der Waals surface area contributed by atoms with Gasteiger partial charge in [0, 0.05) is 50.8 Å². The smallest absolute Gasteiger partial charge is 0.255 e. The molecule has 0 radical (unpaired) electrons. The van der Waals surface area contributed by atoms with E-state index in [1.165, 1.54) is 0 Å². The van der Waals surface area contributed by atoms with E-state index < -0.39 is 0 Å². The van der Waals surface area contributed by atoms with Crippen LogP contribution in [0.15, 0.2) is 24.3 Å². The number of likely N-dealkylation sites (tertiary alicyclic amines) is 1. The third-order valence-corrected chi connectivity index (χ3v) is 6.49. The van der Waals surface area contributed by atoms with Crippen molar-refractivity contribution < 1.29 is 19.4 Å². The van der Waals surface area contributed by atoms with Crippen LogP contribution < -0.4 is 4.90 Å². The number of para-hydroxylation sites is 1. The summed E-state index contributed by atoms with van der Waals surface area (Å²) >= 11 is 0. The van der Waals surface area contributed by atoms with Gasteiger partial charge in [0.15, 0.2) is 0 Å². The monoisotopic (exact) mass is 360 g/mol. The molecule has 3 fully saturated rings. The number of hydrogen-bond acceptors (Lipinski definition) is 5. The molecule has 1 aromatic carbocycles. The lowest BCUT2D eigenvalue weighted by atomic mass is 9.58. The Morgan fingerprint density at radius 1 is 1.19 bits per heavy atom. The minimum Gasteiger partial charge on any atom is -0.392 e. The van der Waals surface area contributed by atoms with Gasteiger partial charge < -0.3 is 24.4 Å². The lowest BCUT2D eigenvalue weighted by Crippen LogP contribution is -2.62. The zero-order valence-corrected chi connectivity index (χ0v) is 15.4. The lowest BCUT2D eigenvalue weighted by molar-refractivity contribution is -0.199. The summed E-state index contributed by atoms with van der Waals surface area (Å²) in [7, 11) is 1.72. The van der Waals surface area contributed by atoms with Crippen LogP contribution in [0.5, 0.6) is 0 Å². The van der Waals surface area contributed by atoms with Crippen molar-refractivity contribution in [3.05, 3.63) is 29.8 Å². The number of aliphatic hydroxyl groups is 1. The number of methoxy groups -OCH3 is 1. The number of nitrogens with zero attached hydrogens (tertiary/aromatic N) is 2. The van der Waals surface area contributed by atoms with Crippen LogP contribution in [0.3, 0.4) is 0 Å². The van der Waals surface area contributed by atoms with Crippen molar-refractivity contribution in [2.75, 3.05) is 51.4 Å². The summed E-state index contributed by atoms with van der Waals surface area (Å²) in [6.07, 6.45) is 2.14. The van der Waals surface area contributed by atoms with E-state index in [2.05, 4.69) is 4.90 Å². The van der Waals surface area contributed by atoms with Crippen LogP contribution >= 0.6 is 0 Å². The molecule has 6 nitrogen and oxygen atoms in total. The average molecular weight is 360 g/mol. The number of piperidine rings is 1. The lowest BCUT2D eigenvalue weighted by Gasteiger charge is -2.56. The SMILES string of the molecule is COC1CC(O)C12CCN(C(=O)c1ccccc1N1CCOCC1)CC2. The van der Waals surface area contributed by atoms with Gasteiger partial charge in [0.2, 0.25) is 0 Å². The van der Waals surface area contributed by atoms with Crippen LogP contribution in [0.4, 0.5) is 5.69 Å². The molecular formula is C20H28N2O4. The Morgan fingerprint density at radius 2 is 1.88 bits per heavy atom. The van der Waals surface area contributed by atoms with Crippen molar-refractivity contribution in [2.45, 2.75) is 31.5 Å². The Labute approximate surface area is 154 Å². The summed E-state index contributed by atoms with van der Waals surface area (Å²) in [5.74, 6) is 0.0877. The topological polar surface area (TPSA) is 62.2 Å². The molecule has 2 aliphatic heterocycles. The number of amides is 1. The molecule has 4 rings (SSSR count). The fourth-order valence-electron chi connectivity index (χ4n) is 4.74. The molecule has 2 unspecified atom stereocenters. The van der Waals surface area contributed by atoms with E-state index in [1.807, 2.05) is 29.2 Å². The number of morpholine rings is 1. The molecule has 142 valence electrons. The maximum absolute atomic E-state index is 13.2. The fraction of sp³-hybridized carbons (Fsp3) is 0.650. The van der Waals surface area contributed by atoms with Gasteiger partial charge in [-0.2, -0.15) is 0 Å². The minimum absolute atomic E-state index is 0.0877. The van der Waals surface area contributed by atoms with Crippen molar-refractivity contribution in [3.8, 4) is 0 Å². The van der Waals surface area contributed by atoms with E-state index in [4.69, 9.17) is 9.47 Å². The van der Waals surface area contributed by atoms with Crippen LogP contribution in [-0.2, 0) is 9.47 Å². The molecule has 26 heavy (non-hydrogen) atoms. The Morgan fingerprint density at radius 3 is 2.54 bits per heavy atom. The standard InChI is InChI=1S/C20H28N2O4/c1-25-18-14-17(23)20(18)6-8-22(9-7-20)19(24)15-4-2-3-5-16(15)21-10-12-26-13-11-21/h2-5,17-18,23H,6-14H2,1H3. The second-order valence-electron chi connectivity index (χ2n) is 7.62. The van der Waals surface area contributed by atoms with E-state index in [0.717, 1.165) is 37.2 Å². The molecule has 1 saturated carbocycles. The molecule has 2 saturated heterocycles. The van der Waals surface area contributed by atoms with Crippen LogP contribution in [0.25, 0.3) is 0 Å². The van der Waals surface area contributed by atoms with Crippen molar-refractivity contribution in [1.82, 2.24) is 4.90 Å². The summed E-state index contributed by atoms with van der Waals surface area (Å²) in [5.41, 5.74) is 1.61. The summed E-state index contributed by atoms with van der Waals surface area (Å²) in [4.78, 5) is 17.4. The summed E-state index contributed by atoms with van der Waals surface area (Å²) in [5, 5.41) is 10.3. The van der Waals surface area contributed by atoms with E-state index in [1.54, 1.807) is 7.11 Å². The van der Waals surface area contributed by atoms with Gasteiger partial charge in [-0.3, -0.25) is 4.79 Å². The molecule has 1 amide bonds. The Bertz CT molecular complexity index is 651. The highest BCUT2D eigenvalue weighted by Gasteiger charge is 2.56. The molecule has 1 spiro atoms. The number of anilines is 1. The molecule has 0 aromatic heterocycles. The first kappa shape index (κ1) is 17.8. The van der Waals surface area contributed by atoms with Gasteiger partial charge >= 0.3 is 0 Å². The Balaban J connectivity index is 1.48. The number of benzene rings is 1.